The van der Waals surface area contributed by atoms with Crippen LogP contribution in [0, 0.1) is 0 Å². The van der Waals surface area contributed by atoms with Gasteiger partial charge >= 0.3 is 0 Å². The van der Waals surface area contributed by atoms with Gasteiger partial charge in [0.25, 0.3) is 0 Å². The predicted octanol–water partition coefficient (Wildman–Crippen LogP) is 5.07. The molecule has 0 fully saturated rings. The quantitative estimate of drug-likeness (QED) is 0.658. The molecule has 0 nitrogen and oxygen atoms in total. The molecule has 0 aromatic heterocycles. The Kier molecular flexibility index (Phi) is 4.17. The highest BCUT2D eigenvalue weighted by Crippen LogP contribution is 2.10. The molecule has 0 spiro atoms. The third kappa shape index (κ3) is 3.93. The largest absolute Gasteiger partial charge is 0.0843 e. The van der Waals surface area contributed by atoms with Crippen molar-refractivity contribution < 1.29 is 0 Å². The zero-order chi connectivity index (χ0) is 11.9. The molecule has 0 heterocycles. The molecule has 17 heavy (non-hydrogen) atoms. The molecule has 0 radical (unpaired) electrons. The van der Waals surface area contributed by atoms with Crippen molar-refractivity contribution in [1.29, 1.82) is 0 Å². The fraction of sp³-hybridized carbons (Fsp3) is 0. The van der Waals surface area contributed by atoms with Crippen molar-refractivity contribution >= 4 is 23.8 Å². The molecule has 0 bridgehead atoms. The minimum absolute atomic E-state index is 0.766. The van der Waals surface area contributed by atoms with Crippen molar-refractivity contribution in [3.8, 4) is 0 Å². The number of hydrogen-bond donors (Lipinski definition) is 0. The van der Waals surface area contributed by atoms with Crippen molar-refractivity contribution in [3.05, 3.63) is 82.9 Å². The number of allylic oxidation sites excluding steroid dienone is 2. The summed E-state index contributed by atoms with van der Waals surface area (Å²) in [6.45, 7) is 0. The van der Waals surface area contributed by atoms with Crippen LogP contribution >= 0.6 is 11.6 Å². The number of benzene rings is 2. The van der Waals surface area contributed by atoms with E-state index in [1.54, 1.807) is 0 Å². The maximum atomic E-state index is 5.81. The summed E-state index contributed by atoms with van der Waals surface area (Å²) in [5, 5.41) is 0.766. The van der Waals surface area contributed by atoms with E-state index in [2.05, 4.69) is 24.3 Å². The normalized spacial score (nSPS) is 11.4. The van der Waals surface area contributed by atoms with Crippen LogP contribution in [0.5, 0.6) is 0 Å². The number of rotatable bonds is 3. The first kappa shape index (κ1) is 11.7. The lowest BCUT2D eigenvalue weighted by molar-refractivity contribution is 1.65. The summed E-state index contributed by atoms with van der Waals surface area (Å²) in [6.07, 6.45) is 8.18. The maximum Gasteiger partial charge on any atom is 0.0406 e. The summed E-state index contributed by atoms with van der Waals surface area (Å²) in [6, 6.07) is 18.0. The van der Waals surface area contributed by atoms with Gasteiger partial charge in [0.2, 0.25) is 0 Å². The smallest absolute Gasteiger partial charge is 0.0406 e. The van der Waals surface area contributed by atoms with Gasteiger partial charge in [0, 0.05) is 5.02 Å². The molecule has 2 aromatic carbocycles. The average molecular weight is 241 g/mol. The SMILES string of the molecule is Clc1ccc(/C=C\C=C\c2ccccc2)cc1. The van der Waals surface area contributed by atoms with E-state index in [-0.39, 0.29) is 0 Å². The topological polar surface area (TPSA) is 0 Å². The van der Waals surface area contributed by atoms with E-state index in [0.717, 1.165) is 10.6 Å². The molecule has 0 saturated carbocycles. The summed E-state index contributed by atoms with van der Waals surface area (Å²) >= 11 is 5.81. The van der Waals surface area contributed by atoms with E-state index >= 15 is 0 Å². The minimum Gasteiger partial charge on any atom is -0.0843 e. The summed E-state index contributed by atoms with van der Waals surface area (Å²) in [7, 11) is 0. The van der Waals surface area contributed by atoms with Crippen LogP contribution in [0.4, 0.5) is 0 Å². The Morgan fingerprint density at radius 2 is 1.18 bits per heavy atom. The van der Waals surface area contributed by atoms with Gasteiger partial charge in [0.1, 0.15) is 0 Å². The molecule has 0 amide bonds. The van der Waals surface area contributed by atoms with Crippen LogP contribution in [0.3, 0.4) is 0 Å². The van der Waals surface area contributed by atoms with E-state index in [0.29, 0.717) is 0 Å². The molecule has 0 atom stereocenters. The van der Waals surface area contributed by atoms with E-state index in [4.69, 9.17) is 11.6 Å². The van der Waals surface area contributed by atoms with Gasteiger partial charge in [-0.15, -0.1) is 0 Å². The Morgan fingerprint density at radius 3 is 1.76 bits per heavy atom. The molecular weight excluding hydrogens is 228 g/mol. The van der Waals surface area contributed by atoms with Gasteiger partial charge in [-0.3, -0.25) is 0 Å². The monoisotopic (exact) mass is 240 g/mol. The van der Waals surface area contributed by atoms with Crippen molar-refractivity contribution in [2.24, 2.45) is 0 Å². The second-order valence-corrected chi connectivity index (χ2v) is 4.12. The number of halogens is 1. The Balaban J connectivity index is 1.98. The van der Waals surface area contributed by atoms with Crippen LogP contribution in [0.1, 0.15) is 11.1 Å². The molecule has 84 valence electrons. The van der Waals surface area contributed by atoms with E-state index in [1.807, 2.05) is 54.6 Å². The highest BCUT2D eigenvalue weighted by molar-refractivity contribution is 6.30. The van der Waals surface area contributed by atoms with Crippen molar-refractivity contribution in [1.82, 2.24) is 0 Å². The maximum absolute atomic E-state index is 5.81. The molecule has 2 rings (SSSR count). The Labute approximate surface area is 107 Å². The lowest BCUT2D eigenvalue weighted by atomic mass is 10.2. The first-order valence-corrected chi connectivity index (χ1v) is 5.88. The summed E-state index contributed by atoms with van der Waals surface area (Å²) in [5.41, 5.74) is 2.35. The molecular formula is C16H13Cl. The predicted molar refractivity (Wildman–Crippen MR) is 76.0 cm³/mol. The lowest BCUT2D eigenvalue weighted by Gasteiger charge is -1.92. The fourth-order valence-electron chi connectivity index (χ4n) is 1.47. The average Bonchev–Trinajstić information content (AvgIpc) is 2.38. The second-order valence-electron chi connectivity index (χ2n) is 3.68. The first-order valence-electron chi connectivity index (χ1n) is 5.50. The van der Waals surface area contributed by atoms with E-state index in [9.17, 15) is 0 Å². The van der Waals surface area contributed by atoms with Gasteiger partial charge in [0.05, 0.1) is 0 Å². The van der Waals surface area contributed by atoms with Gasteiger partial charge in [-0.05, 0) is 23.3 Å². The third-order valence-electron chi connectivity index (χ3n) is 2.36. The molecule has 0 aliphatic carbocycles. The molecule has 0 saturated heterocycles. The molecule has 0 aliphatic rings. The zero-order valence-electron chi connectivity index (χ0n) is 9.38. The molecule has 2 aromatic rings. The first-order chi connectivity index (χ1) is 8.34. The Morgan fingerprint density at radius 1 is 0.647 bits per heavy atom. The zero-order valence-corrected chi connectivity index (χ0v) is 10.1. The van der Waals surface area contributed by atoms with Crippen molar-refractivity contribution in [2.45, 2.75) is 0 Å². The second kappa shape index (κ2) is 6.07. The molecule has 1 heteroatoms. The van der Waals surface area contributed by atoms with Crippen LogP contribution in [0.25, 0.3) is 12.2 Å². The van der Waals surface area contributed by atoms with Crippen LogP contribution in [0.15, 0.2) is 66.7 Å². The summed E-state index contributed by atoms with van der Waals surface area (Å²) in [4.78, 5) is 0. The highest BCUT2D eigenvalue weighted by atomic mass is 35.5. The van der Waals surface area contributed by atoms with Gasteiger partial charge < -0.3 is 0 Å². The molecule has 0 N–H and O–H groups in total. The van der Waals surface area contributed by atoms with Gasteiger partial charge in [-0.1, -0.05) is 78.4 Å². The fourth-order valence-corrected chi connectivity index (χ4v) is 1.60. The third-order valence-corrected chi connectivity index (χ3v) is 2.61. The van der Waals surface area contributed by atoms with Crippen LogP contribution in [0.2, 0.25) is 5.02 Å². The van der Waals surface area contributed by atoms with Crippen LogP contribution < -0.4 is 0 Å². The lowest BCUT2D eigenvalue weighted by Crippen LogP contribution is -1.70. The Bertz CT molecular complexity index is 507. The summed E-state index contributed by atoms with van der Waals surface area (Å²) < 4.78 is 0. The van der Waals surface area contributed by atoms with E-state index in [1.165, 1.54) is 5.56 Å². The van der Waals surface area contributed by atoms with Crippen LogP contribution in [-0.4, -0.2) is 0 Å². The molecule has 0 unspecified atom stereocenters. The minimum atomic E-state index is 0.766. The van der Waals surface area contributed by atoms with Gasteiger partial charge in [-0.2, -0.15) is 0 Å². The Hall–Kier alpha value is -1.79. The molecule has 0 aliphatic heterocycles. The van der Waals surface area contributed by atoms with E-state index < -0.39 is 0 Å². The standard InChI is InChI=1S/C16H13Cl/c17-16-12-10-15(11-13-16)9-5-4-8-14-6-2-1-3-7-14/h1-13H/b8-4+,9-5-. The highest BCUT2D eigenvalue weighted by Gasteiger charge is 1.86. The van der Waals surface area contributed by atoms with Crippen molar-refractivity contribution in [2.75, 3.05) is 0 Å². The van der Waals surface area contributed by atoms with Gasteiger partial charge in [0.15, 0.2) is 0 Å². The van der Waals surface area contributed by atoms with Crippen LogP contribution in [-0.2, 0) is 0 Å². The summed E-state index contributed by atoms with van der Waals surface area (Å²) in [5.74, 6) is 0. The van der Waals surface area contributed by atoms with Crippen molar-refractivity contribution in [3.63, 3.8) is 0 Å². The van der Waals surface area contributed by atoms with Gasteiger partial charge in [-0.25, -0.2) is 0 Å². The number of hydrogen-bond acceptors (Lipinski definition) is 0.